The number of halogens is 2. The van der Waals surface area contributed by atoms with E-state index < -0.39 is 10.0 Å². The Hall–Kier alpha value is -1.80. The van der Waals surface area contributed by atoms with E-state index in [0.29, 0.717) is 21.5 Å². The van der Waals surface area contributed by atoms with Crippen molar-refractivity contribution < 1.29 is 17.9 Å². The van der Waals surface area contributed by atoms with Crippen LogP contribution in [0.15, 0.2) is 42.5 Å². The minimum atomic E-state index is -3.24. The molecule has 0 spiro atoms. The standard InChI is InChI=1S/C17H18Cl2N2O4S/c1-21(26(2,23)24)10-12-3-6-14(7-4-12)25-11-17(22)20-13-5-8-15(18)16(19)9-13/h3-9H,10-11H2,1-2H3,(H,20,22). The first-order valence-corrected chi connectivity index (χ1v) is 10.1. The molecule has 0 saturated carbocycles. The van der Waals surface area contributed by atoms with Crippen LogP contribution in [0.1, 0.15) is 5.56 Å². The Labute approximate surface area is 162 Å². The molecule has 1 amide bonds. The van der Waals surface area contributed by atoms with E-state index in [9.17, 15) is 13.2 Å². The number of rotatable bonds is 7. The number of carbonyl (C=O) groups is 1. The van der Waals surface area contributed by atoms with Gasteiger partial charge in [-0.15, -0.1) is 0 Å². The fraction of sp³-hybridized carbons (Fsp3) is 0.235. The van der Waals surface area contributed by atoms with Gasteiger partial charge < -0.3 is 10.1 Å². The molecule has 26 heavy (non-hydrogen) atoms. The summed E-state index contributed by atoms with van der Waals surface area (Å²) in [7, 11) is -1.73. The molecular weight excluding hydrogens is 399 g/mol. The number of hydrogen-bond donors (Lipinski definition) is 1. The largest absolute Gasteiger partial charge is 0.484 e. The molecule has 0 saturated heterocycles. The van der Waals surface area contributed by atoms with E-state index in [4.69, 9.17) is 27.9 Å². The Morgan fingerprint density at radius 1 is 1.12 bits per heavy atom. The number of amides is 1. The minimum absolute atomic E-state index is 0.178. The average Bonchev–Trinajstić information content (AvgIpc) is 2.57. The fourth-order valence-electron chi connectivity index (χ4n) is 1.99. The Balaban J connectivity index is 1.87. The van der Waals surface area contributed by atoms with Crippen molar-refractivity contribution in [2.75, 3.05) is 25.2 Å². The second kappa shape index (κ2) is 8.73. The molecule has 9 heteroatoms. The van der Waals surface area contributed by atoms with Crippen molar-refractivity contribution in [1.29, 1.82) is 0 Å². The number of benzene rings is 2. The molecule has 0 heterocycles. The summed E-state index contributed by atoms with van der Waals surface area (Å²) in [6.45, 7) is 0.0831. The summed E-state index contributed by atoms with van der Waals surface area (Å²) < 4.78 is 29.5. The summed E-state index contributed by atoms with van der Waals surface area (Å²) in [5.41, 5.74) is 1.33. The lowest BCUT2D eigenvalue weighted by atomic mass is 10.2. The lowest BCUT2D eigenvalue weighted by Gasteiger charge is -2.14. The number of nitrogens with zero attached hydrogens (tertiary/aromatic N) is 1. The Morgan fingerprint density at radius 2 is 1.77 bits per heavy atom. The van der Waals surface area contributed by atoms with Crippen molar-refractivity contribution in [1.82, 2.24) is 4.31 Å². The van der Waals surface area contributed by atoms with E-state index in [1.165, 1.54) is 11.4 Å². The summed E-state index contributed by atoms with van der Waals surface area (Å²) in [5.74, 6) is 0.157. The van der Waals surface area contributed by atoms with Crippen LogP contribution in [0, 0.1) is 0 Å². The first-order chi connectivity index (χ1) is 12.1. The van der Waals surface area contributed by atoms with Crippen LogP contribution in [-0.2, 0) is 21.4 Å². The molecular formula is C17H18Cl2N2O4S. The van der Waals surface area contributed by atoms with Gasteiger partial charge in [-0.05, 0) is 35.9 Å². The van der Waals surface area contributed by atoms with Crippen LogP contribution in [0.5, 0.6) is 5.75 Å². The van der Waals surface area contributed by atoms with Crippen LogP contribution in [0.3, 0.4) is 0 Å². The molecule has 0 fully saturated rings. The summed E-state index contributed by atoms with van der Waals surface area (Å²) in [5, 5.41) is 3.41. The van der Waals surface area contributed by atoms with Gasteiger partial charge in [-0.3, -0.25) is 4.79 Å². The predicted octanol–water partition coefficient (Wildman–Crippen LogP) is 3.40. The molecule has 1 N–H and O–H groups in total. The molecule has 140 valence electrons. The maximum Gasteiger partial charge on any atom is 0.262 e. The first kappa shape index (κ1) is 20.5. The SMILES string of the molecule is CN(Cc1ccc(OCC(=O)Nc2ccc(Cl)c(Cl)c2)cc1)S(C)(=O)=O. The second-order valence-corrected chi connectivity index (χ2v) is 8.53. The normalized spacial score (nSPS) is 11.4. The van der Waals surface area contributed by atoms with Crippen molar-refractivity contribution in [3.8, 4) is 5.75 Å². The van der Waals surface area contributed by atoms with Gasteiger partial charge in [0, 0.05) is 19.3 Å². The molecule has 0 bridgehead atoms. The van der Waals surface area contributed by atoms with E-state index in [2.05, 4.69) is 5.32 Å². The van der Waals surface area contributed by atoms with Crippen molar-refractivity contribution >= 4 is 44.8 Å². The van der Waals surface area contributed by atoms with Gasteiger partial charge in [-0.1, -0.05) is 35.3 Å². The van der Waals surface area contributed by atoms with Gasteiger partial charge in [0.05, 0.1) is 16.3 Å². The molecule has 2 aromatic rings. The van der Waals surface area contributed by atoms with Gasteiger partial charge in [-0.25, -0.2) is 12.7 Å². The van der Waals surface area contributed by atoms with Gasteiger partial charge in [0.2, 0.25) is 10.0 Å². The topological polar surface area (TPSA) is 75.7 Å². The molecule has 0 aromatic heterocycles. The van der Waals surface area contributed by atoms with Crippen molar-refractivity contribution in [3.63, 3.8) is 0 Å². The molecule has 2 rings (SSSR count). The van der Waals surface area contributed by atoms with E-state index in [1.807, 2.05) is 0 Å². The van der Waals surface area contributed by atoms with Crippen LogP contribution in [0.4, 0.5) is 5.69 Å². The molecule has 0 aliphatic heterocycles. The highest BCUT2D eigenvalue weighted by Crippen LogP contribution is 2.25. The van der Waals surface area contributed by atoms with Crippen LogP contribution < -0.4 is 10.1 Å². The number of nitrogens with one attached hydrogen (secondary N) is 1. The molecule has 0 radical (unpaired) electrons. The number of anilines is 1. The zero-order valence-corrected chi connectivity index (χ0v) is 16.5. The Bertz CT molecular complexity index is 886. The quantitative estimate of drug-likeness (QED) is 0.749. The maximum atomic E-state index is 11.9. The lowest BCUT2D eigenvalue weighted by Crippen LogP contribution is -2.24. The smallest absolute Gasteiger partial charge is 0.262 e. The average molecular weight is 417 g/mol. The summed E-state index contributed by atoms with van der Waals surface area (Å²) >= 11 is 11.7. The van der Waals surface area contributed by atoms with E-state index >= 15 is 0 Å². The summed E-state index contributed by atoms with van der Waals surface area (Å²) in [4.78, 5) is 11.9. The van der Waals surface area contributed by atoms with Crippen LogP contribution in [0.25, 0.3) is 0 Å². The highest BCUT2D eigenvalue weighted by Gasteiger charge is 2.11. The number of carbonyl (C=O) groups excluding carboxylic acids is 1. The van der Waals surface area contributed by atoms with Crippen LogP contribution >= 0.6 is 23.2 Å². The van der Waals surface area contributed by atoms with Gasteiger partial charge >= 0.3 is 0 Å². The first-order valence-electron chi connectivity index (χ1n) is 7.53. The van der Waals surface area contributed by atoms with Gasteiger partial charge in [-0.2, -0.15) is 0 Å². The predicted molar refractivity (Wildman–Crippen MR) is 103 cm³/mol. The molecule has 0 unspecified atom stereocenters. The molecule has 0 aliphatic carbocycles. The van der Waals surface area contributed by atoms with Gasteiger partial charge in [0.25, 0.3) is 5.91 Å². The number of ether oxygens (including phenoxy) is 1. The molecule has 0 atom stereocenters. The zero-order valence-electron chi connectivity index (χ0n) is 14.2. The molecule has 0 aliphatic rings. The lowest BCUT2D eigenvalue weighted by molar-refractivity contribution is -0.118. The highest BCUT2D eigenvalue weighted by molar-refractivity contribution is 7.88. The van der Waals surface area contributed by atoms with Gasteiger partial charge in [0.15, 0.2) is 6.61 Å². The third kappa shape index (κ3) is 6.17. The maximum absolute atomic E-state index is 11.9. The molecule has 6 nitrogen and oxygen atoms in total. The highest BCUT2D eigenvalue weighted by atomic mass is 35.5. The second-order valence-electron chi connectivity index (χ2n) is 5.63. The third-order valence-corrected chi connectivity index (χ3v) is 5.47. The van der Waals surface area contributed by atoms with Crippen LogP contribution in [-0.4, -0.2) is 38.5 Å². The number of sulfonamides is 1. The third-order valence-electron chi connectivity index (χ3n) is 3.47. The van der Waals surface area contributed by atoms with Crippen molar-refractivity contribution in [3.05, 3.63) is 58.1 Å². The van der Waals surface area contributed by atoms with Gasteiger partial charge in [0.1, 0.15) is 5.75 Å². The summed E-state index contributed by atoms with van der Waals surface area (Å²) in [6, 6.07) is 11.6. The van der Waals surface area contributed by atoms with Crippen molar-refractivity contribution in [2.24, 2.45) is 0 Å². The Kier molecular flexibility index (Phi) is 6.88. The van der Waals surface area contributed by atoms with Crippen LogP contribution in [0.2, 0.25) is 10.0 Å². The zero-order chi connectivity index (χ0) is 19.3. The Morgan fingerprint density at radius 3 is 2.35 bits per heavy atom. The molecule has 2 aromatic carbocycles. The summed E-state index contributed by atoms with van der Waals surface area (Å²) in [6.07, 6.45) is 1.15. The van der Waals surface area contributed by atoms with E-state index in [0.717, 1.165) is 11.8 Å². The monoisotopic (exact) mass is 416 g/mol. The van der Waals surface area contributed by atoms with E-state index in [1.54, 1.807) is 42.5 Å². The number of hydrogen-bond acceptors (Lipinski definition) is 4. The van der Waals surface area contributed by atoms with E-state index in [-0.39, 0.29) is 19.1 Å². The fourth-order valence-corrected chi connectivity index (χ4v) is 2.67. The minimum Gasteiger partial charge on any atom is -0.484 e. The van der Waals surface area contributed by atoms with Crippen molar-refractivity contribution in [2.45, 2.75) is 6.54 Å².